The van der Waals surface area contributed by atoms with Gasteiger partial charge in [-0.2, -0.15) is 0 Å². The Morgan fingerprint density at radius 3 is 2.29 bits per heavy atom. The first-order chi connectivity index (χ1) is 3.13. The Labute approximate surface area is 40.8 Å². The Bertz CT molecular complexity index is 70.6. The van der Waals surface area contributed by atoms with Crippen molar-refractivity contribution in [3.8, 4) is 0 Å². The number of hydrogen-bond donors (Lipinski definition) is 3. The van der Waals surface area contributed by atoms with Crippen LogP contribution < -0.4 is 5.32 Å². The van der Waals surface area contributed by atoms with Gasteiger partial charge in [0.1, 0.15) is 6.23 Å². The predicted molar refractivity (Wildman–Crippen MR) is 22.5 cm³/mol. The fourth-order valence-corrected chi connectivity index (χ4v) is 0.143. The lowest BCUT2D eigenvalue weighted by Gasteiger charge is -1.99. The van der Waals surface area contributed by atoms with Crippen molar-refractivity contribution < 1.29 is 15.0 Å². The van der Waals surface area contributed by atoms with Crippen LogP contribution in [-0.4, -0.2) is 22.5 Å². The molecule has 1 unspecified atom stereocenters. The SMILES string of the molecule is [CH2]C(O)NC(=O)O. The van der Waals surface area contributed by atoms with Crippen LogP contribution in [0.1, 0.15) is 0 Å². The van der Waals surface area contributed by atoms with Gasteiger partial charge >= 0.3 is 6.09 Å². The molecule has 1 atom stereocenters. The molecule has 0 fully saturated rings. The molecular formula is C3H6NO3. The van der Waals surface area contributed by atoms with Gasteiger partial charge in [-0.15, -0.1) is 0 Å². The minimum Gasteiger partial charge on any atom is -0.465 e. The van der Waals surface area contributed by atoms with E-state index >= 15 is 0 Å². The van der Waals surface area contributed by atoms with Crippen molar-refractivity contribution in [1.82, 2.24) is 5.32 Å². The van der Waals surface area contributed by atoms with Crippen LogP contribution in [0.5, 0.6) is 0 Å². The van der Waals surface area contributed by atoms with Gasteiger partial charge in [-0.25, -0.2) is 4.79 Å². The zero-order chi connectivity index (χ0) is 5.86. The summed E-state index contributed by atoms with van der Waals surface area (Å²) in [7, 11) is 0. The Kier molecular flexibility index (Phi) is 2.15. The number of nitrogens with one attached hydrogen (secondary N) is 1. The van der Waals surface area contributed by atoms with Crippen LogP contribution in [0.25, 0.3) is 0 Å². The van der Waals surface area contributed by atoms with Gasteiger partial charge in [0.15, 0.2) is 0 Å². The van der Waals surface area contributed by atoms with Crippen molar-refractivity contribution in [3.63, 3.8) is 0 Å². The summed E-state index contributed by atoms with van der Waals surface area (Å²) in [5.41, 5.74) is 0. The lowest BCUT2D eigenvalue weighted by atomic mass is 10.7. The topological polar surface area (TPSA) is 69.6 Å². The van der Waals surface area contributed by atoms with Crippen molar-refractivity contribution in [3.05, 3.63) is 6.92 Å². The van der Waals surface area contributed by atoms with Crippen LogP contribution >= 0.6 is 0 Å². The molecule has 4 heteroatoms. The van der Waals surface area contributed by atoms with E-state index in [9.17, 15) is 4.79 Å². The zero-order valence-electron chi connectivity index (χ0n) is 3.59. The molecule has 0 aromatic heterocycles. The van der Waals surface area contributed by atoms with E-state index < -0.39 is 12.3 Å². The summed E-state index contributed by atoms with van der Waals surface area (Å²) in [5, 5.41) is 17.6. The number of rotatable bonds is 1. The van der Waals surface area contributed by atoms with Crippen LogP contribution in [0.2, 0.25) is 0 Å². The monoisotopic (exact) mass is 104 g/mol. The normalized spacial score (nSPS) is 12.9. The van der Waals surface area contributed by atoms with E-state index in [2.05, 4.69) is 6.92 Å². The molecule has 41 valence electrons. The standard InChI is InChI=1S/C3H6NO3/c1-2(5)4-3(6)7/h2,4-5H,1H2,(H,6,7). The maximum Gasteiger partial charge on any atom is 0.406 e. The molecule has 0 spiro atoms. The fraction of sp³-hybridized carbons (Fsp3) is 0.333. The van der Waals surface area contributed by atoms with E-state index in [0.29, 0.717) is 0 Å². The third-order valence-corrected chi connectivity index (χ3v) is 0.290. The largest absolute Gasteiger partial charge is 0.465 e. The number of amides is 1. The number of aliphatic hydroxyl groups excluding tert-OH is 1. The number of carbonyl (C=O) groups is 1. The van der Waals surface area contributed by atoms with Gasteiger partial charge in [-0.1, -0.05) is 0 Å². The highest BCUT2D eigenvalue weighted by molar-refractivity contribution is 5.64. The van der Waals surface area contributed by atoms with E-state index in [1.165, 1.54) is 0 Å². The lowest BCUT2D eigenvalue weighted by Crippen LogP contribution is -2.30. The Balaban J connectivity index is 3.13. The van der Waals surface area contributed by atoms with Crippen LogP contribution in [0.3, 0.4) is 0 Å². The summed E-state index contributed by atoms with van der Waals surface area (Å²) in [6.07, 6.45) is -2.50. The van der Waals surface area contributed by atoms with E-state index in [0.717, 1.165) is 0 Å². The maximum absolute atomic E-state index is 9.50. The Morgan fingerprint density at radius 2 is 2.29 bits per heavy atom. The second kappa shape index (κ2) is 2.41. The lowest BCUT2D eigenvalue weighted by molar-refractivity contribution is 0.148. The van der Waals surface area contributed by atoms with Gasteiger partial charge in [0.2, 0.25) is 0 Å². The minimum atomic E-state index is -1.28. The molecule has 0 aliphatic carbocycles. The van der Waals surface area contributed by atoms with Crippen molar-refractivity contribution >= 4 is 6.09 Å². The van der Waals surface area contributed by atoms with Gasteiger partial charge in [0.05, 0.1) is 0 Å². The molecule has 0 rings (SSSR count). The van der Waals surface area contributed by atoms with Crippen molar-refractivity contribution in [2.75, 3.05) is 0 Å². The maximum atomic E-state index is 9.50. The zero-order valence-corrected chi connectivity index (χ0v) is 3.59. The molecule has 3 N–H and O–H groups in total. The average Bonchev–Trinajstić information content (AvgIpc) is 1.27. The van der Waals surface area contributed by atoms with Gasteiger partial charge in [0.25, 0.3) is 0 Å². The van der Waals surface area contributed by atoms with Crippen molar-refractivity contribution in [2.45, 2.75) is 6.23 Å². The molecule has 0 saturated carbocycles. The van der Waals surface area contributed by atoms with Crippen LogP contribution in [0.4, 0.5) is 4.79 Å². The van der Waals surface area contributed by atoms with Crippen LogP contribution in [0.15, 0.2) is 0 Å². The molecule has 0 aliphatic heterocycles. The molecule has 0 saturated heterocycles. The van der Waals surface area contributed by atoms with Crippen LogP contribution in [-0.2, 0) is 0 Å². The van der Waals surface area contributed by atoms with Gasteiger partial charge in [-0.3, -0.25) is 5.32 Å². The summed E-state index contributed by atoms with van der Waals surface area (Å²) in [4.78, 5) is 9.50. The highest BCUT2D eigenvalue weighted by atomic mass is 16.4. The number of carboxylic acid groups (broad SMARTS) is 1. The van der Waals surface area contributed by atoms with E-state index in [1.54, 1.807) is 5.32 Å². The average molecular weight is 104 g/mol. The van der Waals surface area contributed by atoms with E-state index in [4.69, 9.17) is 10.2 Å². The predicted octanol–water partition coefficient (Wildman–Crippen LogP) is -0.594. The first-order valence-electron chi connectivity index (χ1n) is 1.63. The van der Waals surface area contributed by atoms with E-state index in [-0.39, 0.29) is 0 Å². The smallest absolute Gasteiger partial charge is 0.406 e. The summed E-state index contributed by atoms with van der Waals surface area (Å²) in [6.45, 7) is 2.94. The highest BCUT2D eigenvalue weighted by Gasteiger charge is 1.95. The summed E-state index contributed by atoms with van der Waals surface area (Å²) < 4.78 is 0. The first kappa shape index (κ1) is 6.23. The molecule has 1 amide bonds. The number of aliphatic hydroxyl groups is 1. The second-order valence-corrected chi connectivity index (χ2v) is 0.965. The fourth-order valence-electron chi connectivity index (χ4n) is 0.143. The highest BCUT2D eigenvalue weighted by Crippen LogP contribution is 1.67. The summed E-state index contributed by atoms with van der Waals surface area (Å²) in [6, 6.07) is 0. The molecule has 0 heterocycles. The molecule has 1 radical (unpaired) electrons. The molecule has 4 nitrogen and oxygen atoms in total. The molecule has 0 aromatic rings. The Morgan fingerprint density at radius 1 is 1.86 bits per heavy atom. The number of hydrogen-bond acceptors (Lipinski definition) is 2. The van der Waals surface area contributed by atoms with Crippen molar-refractivity contribution in [1.29, 1.82) is 0 Å². The molecule has 0 bridgehead atoms. The molecule has 0 aromatic carbocycles. The minimum absolute atomic E-state index is 1.22. The van der Waals surface area contributed by atoms with Gasteiger partial charge < -0.3 is 10.2 Å². The first-order valence-corrected chi connectivity index (χ1v) is 1.63. The van der Waals surface area contributed by atoms with Crippen LogP contribution in [0, 0.1) is 6.92 Å². The Hall–Kier alpha value is -0.770. The summed E-state index contributed by atoms with van der Waals surface area (Å²) in [5.74, 6) is 0. The molecular weight excluding hydrogens is 98.0 g/mol. The van der Waals surface area contributed by atoms with Crippen molar-refractivity contribution in [2.24, 2.45) is 0 Å². The van der Waals surface area contributed by atoms with Gasteiger partial charge in [-0.05, 0) is 6.92 Å². The van der Waals surface area contributed by atoms with E-state index in [1.807, 2.05) is 0 Å². The summed E-state index contributed by atoms with van der Waals surface area (Å²) >= 11 is 0. The quantitative estimate of drug-likeness (QED) is 0.389. The third kappa shape index (κ3) is 5.23. The third-order valence-electron chi connectivity index (χ3n) is 0.290. The molecule has 0 aliphatic rings. The second-order valence-electron chi connectivity index (χ2n) is 0.965. The molecule has 7 heavy (non-hydrogen) atoms. The van der Waals surface area contributed by atoms with Gasteiger partial charge in [0, 0.05) is 0 Å².